The molecule has 0 saturated carbocycles. The summed E-state index contributed by atoms with van der Waals surface area (Å²) in [6.45, 7) is 1.87. The highest BCUT2D eigenvalue weighted by molar-refractivity contribution is 6.30. The maximum atomic E-state index is 5.98. The van der Waals surface area contributed by atoms with E-state index in [2.05, 4.69) is 27.0 Å². The van der Waals surface area contributed by atoms with Crippen molar-refractivity contribution in [2.75, 3.05) is 11.4 Å². The molecule has 0 saturated heterocycles. The molecule has 0 amide bonds. The Morgan fingerprint density at radius 3 is 3.19 bits per heavy atom. The average Bonchev–Trinajstić information content (AvgIpc) is 2.89. The highest BCUT2D eigenvalue weighted by Crippen LogP contribution is 2.30. The summed E-state index contributed by atoms with van der Waals surface area (Å²) in [6.07, 6.45) is 4.71. The van der Waals surface area contributed by atoms with Crippen molar-refractivity contribution >= 4 is 17.3 Å². The van der Waals surface area contributed by atoms with Gasteiger partial charge in [0.05, 0.1) is 6.54 Å². The normalized spacial score (nSPS) is 14.2. The zero-order chi connectivity index (χ0) is 11.0. The van der Waals surface area contributed by atoms with E-state index in [9.17, 15) is 0 Å². The van der Waals surface area contributed by atoms with Crippen LogP contribution in [0.3, 0.4) is 0 Å². The van der Waals surface area contributed by atoms with E-state index in [4.69, 9.17) is 11.6 Å². The average molecular weight is 234 g/mol. The SMILES string of the molecule is Clc1ccc2c(c1)CCN2Cc1ncc[nH]1. The van der Waals surface area contributed by atoms with Crippen LogP contribution in [-0.2, 0) is 13.0 Å². The molecule has 0 atom stereocenters. The smallest absolute Gasteiger partial charge is 0.125 e. The predicted molar refractivity (Wildman–Crippen MR) is 64.8 cm³/mol. The molecule has 0 spiro atoms. The van der Waals surface area contributed by atoms with E-state index in [0.29, 0.717) is 0 Å². The number of H-pyrrole nitrogens is 1. The minimum absolute atomic E-state index is 0.818. The van der Waals surface area contributed by atoms with Gasteiger partial charge in [-0.25, -0.2) is 4.98 Å². The Bertz CT molecular complexity index is 493. The second-order valence-corrected chi connectivity index (χ2v) is 4.42. The number of anilines is 1. The number of fused-ring (bicyclic) bond motifs is 1. The third-order valence-electron chi connectivity index (χ3n) is 2.93. The number of imidazole rings is 1. The van der Waals surface area contributed by atoms with Gasteiger partial charge in [0.2, 0.25) is 0 Å². The number of halogens is 1. The van der Waals surface area contributed by atoms with E-state index >= 15 is 0 Å². The van der Waals surface area contributed by atoms with Crippen LogP contribution < -0.4 is 4.90 Å². The summed E-state index contributed by atoms with van der Waals surface area (Å²) in [5.74, 6) is 1.00. The minimum atomic E-state index is 0.818. The zero-order valence-electron chi connectivity index (χ0n) is 8.78. The molecule has 0 fully saturated rings. The van der Waals surface area contributed by atoms with Gasteiger partial charge in [0.15, 0.2) is 0 Å². The van der Waals surface area contributed by atoms with Crippen molar-refractivity contribution in [3.05, 3.63) is 47.0 Å². The molecule has 1 aromatic heterocycles. The molecular weight excluding hydrogens is 222 g/mol. The first-order valence-corrected chi connectivity index (χ1v) is 5.72. The van der Waals surface area contributed by atoms with Gasteiger partial charge >= 0.3 is 0 Å². The third-order valence-corrected chi connectivity index (χ3v) is 3.16. The zero-order valence-corrected chi connectivity index (χ0v) is 9.54. The fraction of sp³-hybridized carbons (Fsp3) is 0.250. The largest absolute Gasteiger partial charge is 0.364 e. The molecule has 3 rings (SSSR count). The van der Waals surface area contributed by atoms with E-state index < -0.39 is 0 Å². The maximum Gasteiger partial charge on any atom is 0.125 e. The number of rotatable bonds is 2. The van der Waals surface area contributed by atoms with Gasteiger partial charge in [-0.15, -0.1) is 0 Å². The Morgan fingerprint density at radius 2 is 2.38 bits per heavy atom. The van der Waals surface area contributed by atoms with Crippen molar-refractivity contribution in [1.29, 1.82) is 0 Å². The van der Waals surface area contributed by atoms with E-state index in [0.717, 1.165) is 30.4 Å². The Balaban J connectivity index is 1.86. The van der Waals surface area contributed by atoms with Crippen LogP contribution in [0, 0.1) is 0 Å². The lowest BCUT2D eigenvalue weighted by Crippen LogP contribution is -2.20. The second-order valence-electron chi connectivity index (χ2n) is 3.98. The van der Waals surface area contributed by atoms with Crippen LogP contribution >= 0.6 is 11.6 Å². The summed E-state index contributed by atoms with van der Waals surface area (Å²) < 4.78 is 0. The van der Waals surface area contributed by atoms with Crippen molar-refractivity contribution in [3.8, 4) is 0 Å². The van der Waals surface area contributed by atoms with Crippen LogP contribution in [0.1, 0.15) is 11.4 Å². The molecular formula is C12H12ClN3. The quantitative estimate of drug-likeness (QED) is 0.865. The molecule has 3 nitrogen and oxygen atoms in total. The molecule has 2 aromatic rings. The Hall–Kier alpha value is -1.48. The molecule has 16 heavy (non-hydrogen) atoms. The highest BCUT2D eigenvalue weighted by Gasteiger charge is 2.19. The summed E-state index contributed by atoms with van der Waals surface area (Å²) in [5, 5.41) is 0.818. The first-order valence-electron chi connectivity index (χ1n) is 5.34. The van der Waals surface area contributed by atoms with Gasteiger partial charge < -0.3 is 9.88 Å². The third kappa shape index (κ3) is 1.67. The van der Waals surface area contributed by atoms with Crippen molar-refractivity contribution < 1.29 is 0 Å². The first kappa shape index (κ1) is 9.73. The number of aromatic amines is 1. The molecule has 1 aliphatic heterocycles. The molecule has 2 heterocycles. The monoisotopic (exact) mass is 233 g/mol. The van der Waals surface area contributed by atoms with Gasteiger partial charge in [0.25, 0.3) is 0 Å². The van der Waals surface area contributed by atoms with Gasteiger partial charge in [-0.05, 0) is 30.2 Å². The standard InChI is InChI=1S/C12H12ClN3/c13-10-1-2-11-9(7-10)3-6-16(11)8-12-14-4-5-15-12/h1-2,4-5,7H,3,6,8H2,(H,14,15). The van der Waals surface area contributed by atoms with Crippen LogP contribution in [-0.4, -0.2) is 16.5 Å². The van der Waals surface area contributed by atoms with Crippen LogP contribution in [0.25, 0.3) is 0 Å². The molecule has 1 aliphatic rings. The first-order chi connectivity index (χ1) is 7.83. The number of aromatic nitrogens is 2. The fourth-order valence-corrected chi connectivity index (χ4v) is 2.36. The molecule has 0 radical (unpaired) electrons. The molecule has 0 bridgehead atoms. The van der Waals surface area contributed by atoms with Crippen LogP contribution in [0.15, 0.2) is 30.6 Å². The van der Waals surface area contributed by atoms with Crippen molar-refractivity contribution in [3.63, 3.8) is 0 Å². The van der Waals surface area contributed by atoms with Gasteiger partial charge in [0, 0.05) is 29.6 Å². The van der Waals surface area contributed by atoms with Crippen LogP contribution in [0.2, 0.25) is 5.02 Å². The van der Waals surface area contributed by atoms with Crippen molar-refractivity contribution in [1.82, 2.24) is 9.97 Å². The number of benzene rings is 1. The summed E-state index contributed by atoms with van der Waals surface area (Å²) in [7, 11) is 0. The molecule has 0 unspecified atom stereocenters. The molecule has 0 aliphatic carbocycles. The predicted octanol–water partition coefficient (Wildman–Crippen LogP) is 2.63. The fourth-order valence-electron chi connectivity index (χ4n) is 2.17. The molecule has 1 N–H and O–H groups in total. The highest BCUT2D eigenvalue weighted by atomic mass is 35.5. The number of hydrogen-bond acceptors (Lipinski definition) is 2. The molecule has 82 valence electrons. The van der Waals surface area contributed by atoms with Gasteiger partial charge in [-0.3, -0.25) is 0 Å². The second kappa shape index (κ2) is 3.83. The number of nitrogens with one attached hydrogen (secondary N) is 1. The minimum Gasteiger partial charge on any atom is -0.364 e. The summed E-state index contributed by atoms with van der Waals surface area (Å²) in [5.41, 5.74) is 2.61. The van der Waals surface area contributed by atoms with Crippen molar-refractivity contribution in [2.45, 2.75) is 13.0 Å². The number of nitrogens with zero attached hydrogens (tertiary/aromatic N) is 2. The van der Waals surface area contributed by atoms with E-state index in [1.807, 2.05) is 12.3 Å². The van der Waals surface area contributed by atoms with Gasteiger partial charge in [-0.2, -0.15) is 0 Å². The summed E-state index contributed by atoms with van der Waals surface area (Å²) in [4.78, 5) is 9.70. The molecule has 1 aromatic carbocycles. The maximum absolute atomic E-state index is 5.98. The van der Waals surface area contributed by atoms with Crippen molar-refractivity contribution in [2.24, 2.45) is 0 Å². The summed E-state index contributed by atoms with van der Waals surface area (Å²) >= 11 is 5.98. The van der Waals surface area contributed by atoms with Gasteiger partial charge in [-0.1, -0.05) is 11.6 Å². The topological polar surface area (TPSA) is 31.9 Å². The van der Waals surface area contributed by atoms with Crippen LogP contribution in [0.4, 0.5) is 5.69 Å². The lowest BCUT2D eigenvalue weighted by Gasteiger charge is -2.17. The lowest BCUT2D eigenvalue weighted by molar-refractivity contribution is 0.798. The van der Waals surface area contributed by atoms with Gasteiger partial charge in [0.1, 0.15) is 5.82 Å². The Morgan fingerprint density at radius 1 is 1.44 bits per heavy atom. The summed E-state index contributed by atoms with van der Waals surface area (Å²) in [6, 6.07) is 6.09. The Kier molecular flexibility index (Phi) is 2.33. The van der Waals surface area contributed by atoms with Crippen LogP contribution in [0.5, 0.6) is 0 Å². The molecule has 4 heteroatoms. The lowest BCUT2D eigenvalue weighted by atomic mass is 10.2. The van der Waals surface area contributed by atoms with E-state index in [-0.39, 0.29) is 0 Å². The van der Waals surface area contributed by atoms with E-state index in [1.165, 1.54) is 11.3 Å². The van der Waals surface area contributed by atoms with E-state index in [1.54, 1.807) is 6.20 Å². The number of hydrogen-bond donors (Lipinski definition) is 1. The Labute approximate surface area is 99.1 Å².